The Labute approximate surface area is 280 Å². The van der Waals surface area contributed by atoms with Gasteiger partial charge in [-0.05, 0) is 29.7 Å². The number of rotatable bonds is 24. The Morgan fingerprint density at radius 2 is 1.11 bits per heavy atom. The van der Waals surface area contributed by atoms with Crippen molar-refractivity contribution < 1.29 is 38.2 Å². The smallest absolute Gasteiger partial charge is 0.251 e. The molecule has 0 aliphatic rings. The first-order chi connectivity index (χ1) is 22.4. The van der Waals surface area contributed by atoms with E-state index in [0.717, 1.165) is 17.5 Å². The predicted octanol–water partition coefficient (Wildman–Crippen LogP) is 6.45. The summed E-state index contributed by atoms with van der Waals surface area (Å²) in [5.74, 6) is -0.247. The number of benzene rings is 2. The molecule has 0 spiro atoms. The van der Waals surface area contributed by atoms with Gasteiger partial charge in [-0.3, -0.25) is 24.0 Å². The van der Waals surface area contributed by atoms with Gasteiger partial charge in [-0.1, -0.05) is 77.9 Å². The number of nitrogens with one attached hydrogen (secondary N) is 1. The third-order valence-corrected chi connectivity index (χ3v) is 8.23. The Morgan fingerprint density at radius 3 is 1.55 bits per heavy atom. The molecule has 2 unspecified atom stereocenters. The zero-order valence-corrected chi connectivity index (χ0v) is 29.0. The monoisotopic (exact) mass is 651 g/mol. The SMILES string of the molecule is CCC(=O)CCOCC(COCCC(=O)C(C)C)(COCCC(=O)C(C)CC)NC(=O)c1ccc(-c2ccc(C(=O)CC)cc2)cc1. The average Bonchev–Trinajstić information content (AvgIpc) is 3.09. The average molecular weight is 652 g/mol. The molecular weight excluding hydrogens is 598 g/mol. The number of Topliss-reactive ketones (excluding diaryl/α,β-unsaturated/α-hetero) is 4. The molecule has 9 heteroatoms. The summed E-state index contributed by atoms with van der Waals surface area (Å²) in [6.45, 7) is 11.6. The van der Waals surface area contributed by atoms with Crippen LogP contribution in [0.15, 0.2) is 48.5 Å². The molecule has 2 aromatic rings. The van der Waals surface area contributed by atoms with Gasteiger partial charge in [0.2, 0.25) is 0 Å². The molecule has 0 heterocycles. The Morgan fingerprint density at radius 1 is 0.638 bits per heavy atom. The highest BCUT2D eigenvalue weighted by atomic mass is 16.5. The van der Waals surface area contributed by atoms with Crippen LogP contribution >= 0.6 is 0 Å². The third kappa shape index (κ3) is 13.6. The van der Waals surface area contributed by atoms with Crippen LogP contribution in [0.1, 0.15) is 101 Å². The van der Waals surface area contributed by atoms with Crippen LogP contribution < -0.4 is 5.32 Å². The highest BCUT2D eigenvalue weighted by molar-refractivity contribution is 5.97. The first-order valence-corrected chi connectivity index (χ1v) is 16.8. The molecular formula is C38H53NO8. The lowest BCUT2D eigenvalue weighted by Gasteiger charge is -2.34. The molecule has 0 fully saturated rings. The van der Waals surface area contributed by atoms with Gasteiger partial charge in [0.05, 0.1) is 39.6 Å². The van der Waals surface area contributed by atoms with E-state index in [0.29, 0.717) is 24.0 Å². The molecule has 1 amide bonds. The summed E-state index contributed by atoms with van der Waals surface area (Å²) in [5.41, 5.74) is 1.71. The van der Waals surface area contributed by atoms with Crippen molar-refractivity contribution in [3.8, 4) is 11.1 Å². The minimum Gasteiger partial charge on any atom is -0.378 e. The fourth-order valence-corrected chi connectivity index (χ4v) is 4.69. The van der Waals surface area contributed by atoms with E-state index in [1.807, 2.05) is 58.9 Å². The fraction of sp³-hybridized carbons (Fsp3) is 0.553. The van der Waals surface area contributed by atoms with Crippen molar-refractivity contribution in [2.45, 2.75) is 85.6 Å². The van der Waals surface area contributed by atoms with E-state index >= 15 is 0 Å². The molecule has 2 rings (SSSR count). The molecule has 0 aliphatic carbocycles. The molecule has 47 heavy (non-hydrogen) atoms. The molecule has 0 aliphatic heterocycles. The molecule has 0 radical (unpaired) electrons. The lowest BCUT2D eigenvalue weighted by atomic mass is 9.99. The highest BCUT2D eigenvalue weighted by Crippen LogP contribution is 2.22. The van der Waals surface area contributed by atoms with Gasteiger partial charge in [0.15, 0.2) is 5.78 Å². The van der Waals surface area contributed by atoms with Crippen LogP contribution in [0.25, 0.3) is 11.1 Å². The first-order valence-electron chi connectivity index (χ1n) is 16.8. The fourth-order valence-electron chi connectivity index (χ4n) is 4.69. The Balaban J connectivity index is 2.26. The summed E-state index contributed by atoms with van der Waals surface area (Å²) >= 11 is 0. The van der Waals surface area contributed by atoms with Crippen molar-refractivity contribution >= 4 is 29.0 Å². The number of carbonyl (C=O) groups is 5. The zero-order valence-electron chi connectivity index (χ0n) is 29.0. The second-order valence-electron chi connectivity index (χ2n) is 12.4. The maximum atomic E-state index is 13.7. The normalized spacial score (nSPS) is 13.2. The second-order valence-corrected chi connectivity index (χ2v) is 12.4. The van der Waals surface area contributed by atoms with Crippen molar-refractivity contribution in [1.82, 2.24) is 5.32 Å². The van der Waals surface area contributed by atoms with E-state index in [1.54, 1.807) is 31.2 Å². The van der Waals surface area contributed by atoms with Gasteiger partial charge < -0.3 is 19.5 Å². The van der Waals surface area contributed by atoms with Crippen LogP contribution in [0, 0.1) is 11.8 Å². The van der Waals surface area contributed by atoms with Crippen LogP contribution in [0.2, 0.25) is 0 Å². The summed E-state index contributed by atoms with van der Waals surface area (Å²) in [6, 6.07) is 14.5. The van der Waals surface area contributed by atoms with Crippen LogP contribution in [0.3, 0.4) is 0 Å². The van der Waals surface area contributed by atoms with E-state index in [1.165, 1.54) is 0 Å². The molecule has 2 aromatic carbocycles. The molecule has 0 saturated carbocycles. The van der Waals surface area contributed by atoms with Crippen molar-refractivity contribution in [2.75, 3.05) is 39.6 Å². The van der Waals surface area contributed by atoms with Gasteiger partial charge >= 0.3 is 0 Å². The lowest BCUT2D eigenvalue weighted by molar-refractivity contribution is -0.124. The number of hydrogen-bond donors (Lipinski definition) is 1. The molecule has 1 N–H and O–H groups in total. The highest BCUT2D eigenvalue weighted by Gasteiger charge is 2.34. The zero-order chi connectivity index (χ0) is 34.8. The Hall–Kier alpha value is -3.53. The van der Waals surface area contributed by atoms with Crippen molar-refractivity contribution in [3.05, 3.63) is 59.7 Å². The van der Waals surface area contributed by atoms with E-state index in [-0.39, 0.29) is 99.8 Å². The van der Waals surface area contributed by atoms with Crippen LogP contribution in [0.4, 0.5) is 0 Å². The molecule has 0 aromatic heterocycles. The van der Waals surface area contributed by atoms with Crippen molar-refractivity contribution in [1.29, 1.82) is 0 Å². The summed E-state index contributed by atoms with van der Waals surface area (Å²) < 4.78 is 17.8. The maximum Gasteiger partial charge on any atom is 0.251 e. The quantitative estimate of drug-likeness (QED) is 0.101. The van der Waals surface area contributed by atoms with Gasteiger partial charge in [0, 0.05) is 55.1 Å². The first kappa shape index (κ1) is 39.6. The van der Waals surface area contributed by atoms with Crippen molar-refractivity contribution in [3.63, 3.8) is 0 Å². The summed E-state index contributed by atoms with van der Waals surface area (Å²) in [4.78, 5) is 62.2. The van der Waals surface area contributed by atoms with Gasteiger partial charge in [0.1, 0.15) is 22.9 Å². The van der Waals surface area contributed by atoms with Gasteiger partial charge in [0.25, 0.3) is 5.91 Å². The summed E-state index contributed by atoms with van der Waals surface area (Å²) in [7, 11) is 0. The third-order valence-electron chi connectivity index (χ3n) is 8.23. The van der Waals surface area contributed by atoms with Gasteiger partial charge in [-0.25, -0.2) is 0 Å². The Bertz CT molecular complexity index is 1300. The van der Waals surface area contributed by atoms with Crippen LogP contribution in [-0.4, -0.2) is 74.2 Å². The summed E-state index contributed by atoms with van der Waals surface area (Å²) in [5, 5.41) is 3.06. The largest absolute Gasteiger partial charge is 0.378 e. The maximum absolute atomic E-state index is 13.7. The molecule has 2 atom stereocenters. The van der Waals surface area contributed by atoms with Crippen LogP contribution in [0.5, 0.6) is 0 Å². The predicted molar refractivity (Wildman–Crippen MR) is 183 cm³/mol. The standard InChI is InChI=1S/C38H53NO8/c1-7-28(6)36(43)20-23-47-26-38(24-45-21-18-33(40)8-2,25-46-22-19-35(42)27(4)5)39-37(44)32-16-12-30(13-17-32)29-10-14-31(15-11-29)34(41)9-3/h10-17,27-28H,7-9,18-26H2,1-6H3,(H,39,44). The van der Waals surface area contributed by atoms with Gasteiger partial charge in [-0.15, -0.1) is 0 Å². The lowest BCUT2D eigenvalue weighted by Crippen LogP contribution is -2.58. The van der Waals surface area contributed by atoms with E-state index in [2.05, 4.69) is 5.32 Å². The van der Waals surface area contributed by atoms with Crippen molar-refractivity contribution in [2.24, 2.45) is 11.8 Å². The molecule has 9 nitrogen and oxygen atoms in total. The van der Waals surface area contributed by atoms with Crippen LogP contribution in [-0.2, 0) is 28.6 Å². The Kier molecular flexibility index (Phi) is 17.4. The minimum atomic E-state index is -1.16. The number of hydrogen-bond acceptors (Lipinski definition) is 8. The van der Waals surface area contributed by atoms with Gasteiger partial charge in [-0.2, -0.15) is 0 Å². The molecule has 0 saturated heterocycles. The number of ketones is 4. The number of amides is 1. The van der Waals surface area contributed by atoms with E-state index < -0.39 is 5.54 Å². The summed E-state index contributed by atoms with van der Waals surface area (Å²) in [6.07, 6.45) is 2.30. The molecule has 258 valence electrons. The topological polar surface area (TPSA) is 125 Å². The number of ether oxygens (including phenoxy) is 3. The minimum absolute atomic E-state index is 0.00587. The number of carbonyl (C=O) groups excluding carboxylic acids is 5. The molecule has 0 bridgehead atoms. The van der Waals surface area contributed by atoms with E-state index in [9.17, 15) is 24.0 Å². The van der Waals surface area contributed by atoms with E-state index in [4.69, 9.17) is 14.2 Å². The second kappa shape index (κ2) is 20.7.